The van der Waals surface area contributed by atoms with Gasteiger partial charge in [-0.1, -0.05) is 49.9 Å². The van der Waals surface area contributed by atoms with Crippen molar-refractivity contribution in [2.45, 2.75) is 75.9 Å². The van der Waals surface area contributed by atoms with Crippen molar-refractivity contribution in [3.05, 3.63) is 24.3 Å². The predicted octanol–water partition coefficient (Wildman–Crippen LogP) is 3.68. The van der Waals surface area contributed by atoms with Crippen LogP contribution in [0.5, 0.6) is 0 Å². The van der Waals surface area contributed by atoms with Gasteiger partial charge in [0.25, 0.3) is 0 Å². The van der Waals surface area contributed by atoms with Crippen LogP contribution in [0, 0.1) is 0 Å². The summed E-state index contributed by atoms with van der Waals surface area (Å²) in [5, 5.41) is 2.81. The van der Waals surface area contributed by atoms with E-state index in [9.17, 15) is 0 Å². The fraction of sp³-hybridized carbons (Fsp3) is 0.727. The van der Waals surface area contributed by atoms with Gasteiger partial charge in [-0.2, -0.15) is 0 Å². The maximum atomic E-state index is 6.08. The van der Waals surface area contributed by atoms with Gasteiger partial charge in [0.1, 0.15) is 0 Å². The predicted molar refractivity (Wildman–Crippen MR) is 120 cm³/mol. The number of epoxide rings is 2. The second kappa shape index (κ2) is 10.0. The van der Waals surface area contributed by atoms with Crippen molar-refractivity contribution >= 4 is 27.0 Å². The fourth-order valence-electron chi connectivity index (χ4n) is 4.04. The highest BCUT2D eigenvalue weighted by molar-refractivity contribution is 6.87. The Hall–Kier alpha value is -0.506. The van der Waals surface area contributed by atoms with E-state index in [1.807, 2.05) is 14.2 Å². The molecule has 0 spiro atoms. The maximum Gasteiger partial charge on any atom is 0.220 e. The van der Waals surface area contributed by atoms with E-state index >= 15 is 0 Å². The molecule has 1 aromatic rings. The van der Waals surface area contributed by atoms with Gasteiger partial charge in [-0.15, -0.1) is 0 Å². The molecule has 2 heterocycles. The average molecular weight is 423 g/mol. The van der Waals surface area contributed by atoms with Crippen LogP contribution in [-0.4, -0.2) is 56.3 Å². The fourth-order valence-corrected chi connectivity index (χ4v) is 9.09. The van der Waals surface area contributed by atoms with E-state index < -0.39 is 16.6 Å². The van der Waals surface area contributed by atoms with Gasteiger partial charge in [0.15, 0.2) is 0 Å². The second-order valence-corrected chi connectivity index (χ2v) is 16.7. The van der Waals surface area contributed by atoms with Gasteiger partial charge in [-0.25, -0.2) is 0 Å². The van der Waals surface area contributed by atoms with Gasteiger partial charge in [-0.05, 0) is 48.4 Å². The van der Waals surface area contributed by atoms with Crippen LogP contribution in [0.25, 0.3) is 0 Å². The third kappa shape index (κ3) is 6.24. The van der Waals surface area contributed by atoms with E-state index in [-0.39, 0.29) is 0 Å². The van der Waals surface area contributed by atoms with Crippen molar-refractivity contribution in [3.63, 3.8) is 0 Å². The van der Waals surface area contributed by atoms with Crippen LogP contribution in [0.3, 0.4) is 0 Å². The monoisotopic (exact) mass is 422 g/mol. The summed E-state index contributed by atoms with van der Waals surface area (Å²) in [6.07, 6.45) is 8.45. The summed E-state index contributed by atoms with van der Waals surface area (Å²) in [6.45, 7) is 6.64. The highest BCUT2D eigenvalue weighted by Gasteiger charge is 2.33. The quantitative estimate of drug-likeness (QED) is 0.261. The summed E-state index contributed by atoms with van der Waals surface area (Å²) in [4.78, 5) is 0. The third-order valence-corrected chi connectivity index (χ3v) is 14.2. The first kappa shape index (κ1) is 22.2. The van der Waals surface area contributed by atoms with Crippen molar-refractivity contribution < 1.29 is 18.3 Å². The van der Waals surface area contributed by atoms with E-state index in [2.05, 4.69) is 37.4 Å². The SMILES string of the molecule is CO[Si](C)(CCCCC1CO1)c1ccc([Si](C)(CCCCC2CO2)OC)cc1. The Morgan fingerprint density at radius 2 is 1.11 bits per heavy atom. The first-order chi connectivity index (χ1) is 13.5. The van der Waals surface area contributed by atoms with E-state index in [0.29, 0.717) is 12.2 Å². The molecule has 28 heavy (non-hydrogen) atoms. The van der Waals surface area contributed by atoms with Crippen molar-refractivity contribution in [2.24, 2.45) is 0 Å². The van der Waals surface area contributed by atoms with E-state index in [0.717, 1.165) is 13.2 Å². The Kier molecular flexibility index (Phi) is 7.92. The van der Waals surface area contributed by atoms with Crippen molar-refractivity contribution in [2.75, 3.05) is 27.4 Å². The molecular weight excluding hydrogens is 384 g/mol. The summed E-state index contributed by atoms with van der Waals surface area (Å²) in [7, 11) is 0.0607. The standard InChI is InChI=1S/C22H38O4Si2/c1-23-27(3,15-7-5-9-19-17-25-19)21-11-13-22(14-12-21)28(4,24-2)16-8-6-10-20-18-26-20/h11-14,19-20H,5-10,15-18H2,1-4H3. The van der Waals surface area contributed by atoms with Crippen molar-refractivity contribution in [1.29, 1.82) is 0 Å². The van der Waals surface area contributed by atoms with Crippen LogP contribution in [0.15, 0.2) is 24.3 Å². The lowest BCUT2D eigenvalue weighted by Crippen LogP contribution is -2.50. The molecule has 1 aromatic carbocycles. The molecule has 158 valence electrons. The Balaban J connectivity index is 1.55. The summed E-state index contributed by atoms with van der Waals surface area (Å²) < 4.78 is 22.8. The Labute approximate surface area is 173 Å². The van der Waals surface area contributed by atoms with Crippen LogP contribution >= 0.6 is 0 Å². The molecule has 0 aliphatic carbocycles. The molecule has 2 saturated heterocycles. The van der Waals surface area contributed by atoms with Gasteiger partial charge in [-0.3, -0.25) is 0 Å². The molecule has 0 bridgehead atoms. The molecule has 4 nitrogen and oxygen atoms in total. The van der Waals surface area contributed by atoms with Crippen LogP contribution in [0.4, 0.5) is 0 Å². The number of ether oxygens (including phenoxy) is 2. The van der Waals surface area contributed by atoms with E-state index in [4.69, 9.17) is 18.3 Å². The minimum absolute atomic E-state index is 0.545. The minimum Gasteiger partial charge on any atom is -0.416 e. The Morgan fingerprint density at radius 3 is 1.39 bits per heavy atom. The molecule has 2 fully saturated rings. The summed E-state index contributed by atoms with van der Waals surface area (Å²) >= 11 is 0. The highest BCUT2D eigenvalue weighted by Crippen LogP contribution is 2.23. The number of unbranched alkanes of at least 4 members (excludes halogenated alkanes) is 2. The molecule has 0 N–H and O–H groups in total. The maximum absolute atomic E-state index is 6.08. The van der Waals surface area contributed by atoms with Crippen LogP contribution < -0.4 is 10.4 Å². The number of hydrogen-bond acceptors (Lipinski definition) is 4. The lowest BCUT2D eigenvalue weighted by molar-refractivity contribution is 0.386. The Morgan fingerprint density at radius 1 is 0.750 bits per heavy atom. The molecule has 0 saturated carbocycles. The normalized spacial score (nSPS) is 25.1. The van der Waals surface area contributed by atoms with Crippen molar-refractivity contribution in [1.82, 2.24) is 0 Å². The molecule has 2 aliphatic rings. The second-order valence-electron chi connectivity index (χ2n) is 8.85. The number of hydrogen-bond donors (Lipinski definition) is 0. The smallest absolute Gasteiger partial charge is 0.220 e. The first-order valence-electron chi connectivity index (χ1n) is 10.9. The van der Waals surface area contributed by atoms with E-state index in [1.54, 1.807) is 0 Å². The Bertz CT molecular complexity index is 550. The van der Waals surface area contributed by atoms with Gasteiger partial charge < -0.3 is 18.3 Å². The molecule has 4 unspecified atom stereocenters. The molecule has 6 heteroatoms. The van der Waals surface area contributed by atoms with Crippen LogP contribution in [0.2, 0.25) is 25.2 Å². The van der Waals surface area contributed by atoms with E-state index in [1.165, 1.54) is 61.0 Å². The lowest BCUT2D eigenvalue weighted by atomic mass is 10.2. The lowest BCUT2D eigenvalue weighted by Gasteiger charge is -2.29. The minimum atomic E-state index is -1.86. The van der Waals surface area contributed by atoms with Crippen LogP contribution in [-0.2, 0) is 18.3 Å². The largest absolute Gasteiger partial charge is 0.416 e. The first-order valence-corrected chi connectivity index (χ1v) is 16.2. The zero-order chi connectivity index (χ0) is 20.0. The zero-order valence-electron chi connectivity index (χ0n) is 18.2. The molecule has 0 aromatic heterocycles. The molecule has 2 aliphatic heterocycles. The molecule has 3 rings (SSSR count). The third-order valence-electron chi connectivity index (χ3n) is 6.67. The van der Waals surface area contributed by atoms with Crippen LogP contribution in [0.1, 0.15) is 38.5 Å². The van der Waals surface area contributed by atoms with Crippen molar-refractivity contribution in [3.8, 4) is 0 Å². The summed E-state index contributed by atoms with van der Waals surface area (Å²) in [5.74, 6) is 0. The number of rotatable bonds is 14. The van der Waals surface area contributed by atoms with Gasteiger partial charge in [0.05, 0.1) is 25.4 Å². The highest BCUT2D eigenvalue weighted by atomic mass is 28.4. The molecule has 4 atom stereocenters. The molecule has 0 amide bonds. The molecule has 0 radical (unpaired) electrons. The van der Waals surface area contributed by atoms with Gasteiger partial charge in [0.2, 0.25) is 16.6 Å². The average Bonchev–Trinajstić information content (AvgIpc) is 3.63. The van der Waals surface area contributed by atoms with Gasteiger partial charge in [0, 0.05) is 14.2 Å². The summed E-state index contributed by atoms with van der Waals surface area (Å²) in [6, 6.07) is 11.6. The number of benzene rings is 1. The molecular formula is C22H38O4Si2. The topological polar surface area (TPSA) is 43.5 Å². The van der Waals surface area contributed by atoms with Gasteiger partial charge >= 0.3 is 0 Å². The summed E-state index contributed by atoms with van der Waals surface area (Å²) in [5.41, 5.74) is 0. The zero-order valence-corrected chi connectivity index (χ0v) is 20.2.